The number of nitrogens with one attached hydrogen (secondary N) is 2. The highest BCUT2D eigenvalue weighted by Gasteiger charge is 2.03. The van der Waals surface area contributed by atoms with Crippen molar-refractivity contribution in [3.63, 3.8) is 0 Å². The third-order valence-electron chi connectivity index (χ3n) is 1.74. The second kappa shape index (κ2) is 4.54. The summed E-state index contributed by atoms with van der Waals surface area (Å²) < 4.78 is 0.452. The first-order valence-corrected chi connectivity index (χ1v) is 5.85. The normalized spacial score (nSPS) is 10.2. The van der Waals surface area contributed by atoms with E-state index in [4.69, 9.17) is 0 Å². The molecule has 0 saturated heterocycles. The summed E-state index contributed by atoms with van der Waals surface area (Å²) in [6.07, 6.45) is 1.55. The molecule has 0 spiro atoms. The van der Waals surface area contributed by atoms with Gasteiger partial charge < -0.3 is 5.32 Å². The van der Waals surface area contributed by atoms with Crippen molar-refractivity contribution in [2.24, 2.45) is 0 Å². The van der Waals surface area contributed by atoms with Crippen molar-refractivity contribution in [1.29, 1.82) is 0 Å². The van der Waals surface area contributed by atoms with Gasteiger partial charge >= 0.3 is 0 Å². The minimum absolute atomic E-state index is 0.252. The molecule has 2 rings (SSSR count). The van der Waals surface area contributed by atoms with Crippen LogP contribution in [-0.2, 0) is 6.54 Å². The van der Waals surface area contributed by atoms with Crippen LogP contribution >= 0.6 is 27.3 Å². The summed E-state index contributed by atoms with van der Waals surface area (Å²) in [6.45, 7) is 0.577. The minimum Gasteiger partial charge on any atom is -0.377 e. The fraction of sp³-hybridized carbons (Fsp3) is 0.125. The molecule has 0 aliphatic rings. The van der Waals surface area contributed by atoms with Crippen LogP contribution in [0.15, 0.2) is 26.4 Å². The molecule has 0 saturated carbocycles. The second-order valence-corrected chi connectivity index (χ2v) is 4.27. The van der Waals surface area contributed by atoms with Gasteiger partial charge in [0, 0.05) is 5.38 Å². The molecule has 2 aromatic heterocycles. The zero-order chi connectivity index (χ0) is 10.7. The molecule has 7 heteroatoms. The largest absolute Gasteiger partial charge is 0.377 e. The van der Waals surface area contributed by atoms with E-state index in [1.54, 1.807) is 11.7 Å². The maximum absolute atomic E-state index is 11.2. The third kappa shape index (κ3) is 2.42. The molecule has 2 aromatic rings. The number of thiazole rings is 1. The fourth-order valence-corrected chi connectivity index (χ4v) is 1.91. The van der Waals surface area contributed by atoms with Gasteiger partial charge in [-0.05, 0) is 15.9 Å². The van der Waals surface area contributed by atoms with E-state index in [2.05, 4.69) is 36.4 Å². The molecule has 15 heavy (non-hydrogen) atoms. The zero-order valence-corrected chi connectivity index (χ0v) is 9.93. The topological polar surface area (TPSA) is 70.7 Å². The van der Waals surface area contributed by atoms with Crippen LogP contribution in [0.5, 0.6) is 0 Å². The summed E-state index contributed by atoms with van der Waals surface area (Å²) in [5.41, 5.74) is 3.11. The molecular weight excluding hydrogens is 280 g/mol. The Balaban J connectivity index is 2.12. The standard InChI is InChI=1S/C8H7BrN4OS/c9-7-6(2-12-13-8(7)14)10-1-5-3-15-4-11-5/h2-4H,1H2,(H2,10,13,14). The van der Waals surface area contributed by atoms with E-state index in [9.17, 15) is 4.79 Å². The Hall–Kier alpha value is -1.21. The molecular formula is C8H7BrN4OS. The molecule has 78 valence electrons. The number of aromatic amines is 1. The molecule has 0 aliphatic carbocycles. The monoisotopic (exact) mass is 286 g/mol. The number of rotatable bonds is 3. The van der Waals surface area contributed by atoms with E-state index in [0.29, 0.717) is 16.7 Å². The Labute approximate surface area is 97.7 Å². The number of aromatic nitrogens is 3. The first kappa shape index (κ1) is 10.3. The summed E-state index contributed by atoms with van der Waals surface area (Å²) in [5.74, 6) is 0. The molecule has 5 nitrogen and oxygen atoms in total. The molecule has 0 fully saturated rings. The molecule has 0 amide bonds. The fourth-order valence-electron chi connectivity index (χ4n) is 1.02. The van der Waals surface area contributed by atoms with Crippen LogP contribution in [0.25, 0.3) is 0 Å². The number of hydrogen-bond acceptors (Lipinski definition) is 5. The smallest absolute Gasteiger partial charge is 0.280 e. The van der Waals surface area contributed by atoms with Crippen LogP contribution in [0.3, 0.4) is 0 Å². The Morgan fingerprint density at radius 2 is 2.47 bits per heavy atom. The highest BCUT2D eigenvalue weighted by molar-refractivity contribution is 9.10. The summed E-state index contributed by atoms with van der Waals surface area (Å²) >= 11 is 4.72. The molecule has 0 bridgehead atoms. The van der Waals surface area contributed by atoms with E-state index in [1.165, 1.54) is 11.3 Å². The number of hydrogen-bond donors (Lipinski definition) is 2. The van der Waals surface area contributed by atoms with Crippen molar-refractivity contribution in [1.82, 2.24) is 15.2 Å². The molecule has 0 aromatic carbocycles. The summed E-state index contributed by atoms with van der Waals surface area (Å²) in [5, 5.41) is 11.0. The van der Waals surface area contributed by atoms with E-state index in [0.717, 1.165) is 5.69 Å². The Kier molecular flexibility index (Phi) is 3.12. The van der Waals surface area contributed by atoms with E-state index in [1.807, 2.05) is 5.38 Å². The van der Waals surface area contributed by atoms with E-state index >= 15 is 0 Å². The van der Waals surface area contributed by atoms with Crippen molar-refractivity contribution in [2.45, 2.75) is 6.54 Å². The lowest BCUT2D eigenvalue weighted by molar-refractivity contribution is 0.967. The van der Waals surface area contributed by atoms with Gasteiger partial charge in [-0.3, -0.25) is 4.79 Å². The maximum Gasteiger partial charge on any atom is 0.280 e. The first-order valence-electron chi connectivity index (χ1n) is 4.11. The van der Waals surface area contributed by atoms with Gasteiger partial charge in [0.05, 0.1) is 29.6 Å². The van der Waals surface area contributed by atoms with Crippen LogP contribution in [0, 0.1) is 0 Å². The predicted octanol–water partition coefficient (Wildman–Crippen LogP) is 1.60. The number of nitrogens with zero attached hydrogens (tertiary/aromatic N) is 2. The first-order chi connectivity index (χ1) is 7.27. The van der Waals surface area contributed by atoms with Crippen LogP contribution in [-0.4, -0.2) is 15.2 Å². The molecule has 0 unspecified atom stereocenters. The van der Waals surface area contributed by atoms with Gasteiger partial charge in [-0.1, -0.05) is 0 Å². The van der Waals surface area contributed by atoms with Crippen LogP contribution in [0.1, 0.15) is 5.69 Å². The van der Waals surface area contributed by atoms with Gasteiger partial charge in [0.1, 0.15) is 4.47 Å². The molecule has 0 atom stereocenters. The van der Waals surface area contributed by atoms with Gasteiger partial charge in [0.25, 0.3) is 5.56 Å². The Morgan fingerprint density at radius 3 is 3.20 bits per heavy atom. The summed E-state index contributed by atoms with van der Waals surface area (Å²) in [7, 11) is 0. The average molecular weight is 287 g/mol. The Bertz CT molecular complexity index is 496. The molecule has 2 heterocycles. The highest BCUT2D eigenvalue weighted by atomic mass is 79.9. The number of H-pyrrole nitrogens is 1. The van der Waals surface area contributed by atoms with E-state index in [-0.39, 0.29) is 5.56 Å². The van der Waals surface area contributed by atoms with Crippen LogP contribution in [0.4, 0.5) is 5.69 Å². The van der Waals surface area contributed by atoms with Gasteiger partial charge in [0.15, 0.2) is 0 Å². The predicted molar refractivity (Wildman–Crippen MR) is 62.0 cm³/mol. The lowest BCUT2D eigenvalue weighted by Gasteiger charge is -2.04. The lowest BCUT2D eigenvalue weighted by Crippen LogP contribution is -2.12. The zero-order valence-electron chi connectivity index (χ0n) is 7.53. The molecule has 2 N–H and O–H groups in total. The molecule has 0 aliphatic heterocycles. The average Bonchev–Trinajstić information content (AvgIpc) is 2.73. The third-order valence-corrected chi connectivity index (χ3v) is 3.16. The number of anilines is 1. The minimum atomic E-state index is -0.252. The van der Waals surface area contributed by atoms with Crippen molar-refractivity contribution < 1.29 is 0 Å². The summed E-state index contributed by atoms with van der Waals surface area (Å²) in [4.78, 5) is 15.3. The van der Waals surface area contributed by atoms with Gasteiger partial charge in [-0.2, -0.15) is 5.10 Å². The van der Waals surface area contributed by atoms with Gasteiger partial charge in [0.2, 0.25) is 0 Å². The quantitative estimate of drug-likeness (QED) is 0.899. The van der Waals surface area contributed by atoms with Gasteiger partial charge in [-0.25, -0.2) is 10.1 Å². The molecule has 0 radical (unpaired) electrons. The van der Waals surface area contributed by atoms with Gasteiger partial charge in [-0.15, -0.1) is 11.3 Å². The van der Waals surface area contributed by atoms with Crippen LogP contribution < -0.4 is 10.9 Å². The summed E-state index contributed by atoms with van der Waals surface area (Å²) in [6, 6.07) is 0. The highest BCUT2D eigenvalue weighted by Crippen LogP contribution is 2.16. The van der Waals surface area contributed by atoms with Crippen LogP contribution in [0.2, 0.25) is 0 Å². The maximum atomic E-state index is 11.2. The van der Waals surface area contributed by atoms with Crippen molar-refractivity contribution >= 4 is 33.0 Å². The Morgan fingerprint density at radius 1 is 1.60 bits per heavy atom. The lowest BCUT2D eigenvalue weighted by atomic mass is 10.4. The van der Waals surface area contributed by atoms with E-state index < -0.39 is 0 Å². The van der Waals surface area contributed by atoms with Crippen molar-refractivity contribution in [3.05, 3.63) is 37.6 Å². The van der Waals surface area contributed by atoms with Crippen molar-refractivity contribution in [2.75, 3.05) is 5.32 Å². The second-order valence-electron chi connectivity index (χ2n) is 2.76. The van der Waals surface area contributed by atoms with Crippen molar-refractivity contribution in [3.8, 4) is 0 Å². The number of halogens is 1. The SMILES string of the molecule is O=c1[nH]ncc(NCc2cscn2)c1Br.